The number of anilines is 4. The molecular weight excluding hydrogens is 964 g/mol. The zero-order chi connectivity index (χ0) is 51.6. The van der Waals surface area contributed by atoms with E-state index in [0.717, 1.165) is 46.0 Å². The molecule has 2 saturated heterocycles. The number of pyridine rings is 1. The minimum absolute atomic E-state index is 0.0505. The number of nitrogen functional groups attached to an aromatic ring is 1. The Morgan fingerprint density at radius 3 is 1.93 bits per heavy atom. The normalized spacial score (nSPS) is 16.6. The van der Waals surface area contributed by atoms with Crippen LogP contribution in [0.3, 0.4) is 0 Å². The third-order valence-electron chi connectivity index (χ3n) is 15.5. The average Bonchev–Trinajstić information content (AvgIpc) is 3.78. The minimum Gasteiger partial charge on any atom is -0.399 e. The summed E-state index contributed by atoms with van der Waals surface area (Å²) in [7, 11) is -2.95. The Labute approximate surface area is 427 Å². The van der Waals surface area contributed by atoms with Crippen LogP contribution in [-0.4, -0.2) is 88.5 Å². The maximum absolute atomic E-state index is 16.7. The molecule has 11 rings (SSSR count). The molecule has 0 amide bonds. The highest BCUT2D eigenvalue weighted by molar-refractivity contribution is 7.90. The number of hydrogen-bond acceptors (Lipinski definition) is 10. The number of nitrogens with one attached hydrogen (secondary N) is 1. The van der Waals surface area contributed by atoms with E-state index in [9.17, 15) is 17.9 Å². The average molecular weight is 1020 g/mol. The highest BCUT2D eigenvalue weighted by Gasteiger charge is 2.62. The van der Waals surface area contributed by atoms with Gasteiger partial charge in [-0.2, -0.15) is 12.7 Å². The first-order chi connectivity index (χ1) is 35.6. The molecule has 378 valence electrons. The van der Waals surface area contributed by atoms with Crippen LogP contribution in [0.2, 0.25) is 0 Å². The largest absolute Gasteiger partial charge is 0.399 e. The number of carbonyl (C=O) groups is 1. The molecule has 3 aliphatic rings. The summed E-state index contributed by atoms with van der Waals surface area (Å²) in [6.07, 6.45) is 9.45. The lowest BCUT2D eigenvalue weighted by Gasteiger charge is -2.64. The topological polar surface area (TPSA) is 163 Å². The highest BCUT2D eigenvalue weighted by atomic mass is 32.2. The molecule has 3 aromatic heterocycles. The van der Waals surface area contributed by atoms with Gasteiger partial charge >= 0.3 is 10.2 Å². The van der Waals surface area contributed by atoms with Crippen molar-refractivity contribution in [1.82, 2.24) is 23.8 Å². The van der Waals surface area contributed by atoms with Crippen molar-refractivity contribution in [2.24, 2.45) is 11.3 Å². The van der Waals surface area contributed by atoms with Gasteiger partial charge in [-0.1, -0.05) is 97.9 Å². The molecule has 5 aromatic carbocycles. The Balaban J connectivity index is 0.926. The molecule has 5 heterocycles. The van der Waals surface area contributed by atoms with E-state index < -0.39 is 50.0 Å². The van der Waals surface area contributed by atoms with Gasteiger partial charge in [-0.05, 0) is 84.7 Å². The molecule has 0 unspecified atom stereocenters. The van der Waals surface area contributed by atoms with Crippen LogP contribution in [0.5, 0.6) is 0 Å². The summed E-state index contributed by atoms with van der Waals surface area (Å²) < 4.78 is 78.6. The lowest BCUT2D eigenvalue weighted by atomic mass is 9.51. The summed E-state index contributed by atoms with van der Waals surface area (Å²) in [5.74, 6) is -3.27. The molecule has 1 aliphatic carbocycles. The van der Waals surface area contributed by atoms with E-state index in [0.29, 0.717) is 73.1 Å². The van der Waals surface area contributed by atoms with Gasteiger partial charge in [-0.15, -0.1) is 0 Å². The second kappa shape index (κ2) is 18.7. The van der Waals surface area contributed by atoms with Crippen LogP contribution >= 0.6 is 0 Å². The van der Waals surface area contributed by atoms with Gasteiger partial charge in [0, 0.05) is 92.2 Å². The number of hydrogen-bond donors (Lipinski definition) is 3. The van der Waals surface area contributed by atoms with E-state index in [1.807, 2.05) is 100 Å². The van der Waals surface area contributed by atoms with Crippen molar-refractivity contribution in [3.05, 3.63) is 197 Å². The van der Waals surface area contributed by atoms with E-state index in [2.05, 4.69) is 9.62 Å². The molecule has 0 radical (unpaired) electrons. The fourth-order valence-electron chi connectivity index (χ4n) is 11.8. The Morgan fingerprint density at radius 1 is 0.784 bits per heavy atom. The maximum Gasteiger partial charge on any atom is 0.301 e. The lowest BCUT2D eigenvalue weighted by Crippen LogP contribution is -2.70. The van der Waals surface area contributed by atoms with Crippen LogP contribution in [0.1, 0.15) is 65.2 Å². The van der Waals surface area contributed by atoms with Crippen LogP contribution in [0.25, 0.3) is 22.2 Å². The number of piperidine rings is 1. The van der Waals surface area contributed by atoms with E-state index in [1.165, 1.54) is 13.1 Å². The standard InChI is InChI=1S/C57H54F3N9O4S/c1-3-66(2)74(72,73)65-48-21-20-46(58)50(51(48)60)52(70)45-32-69(57(40-13-7-4-8-14-40,41-15-9-5-10-16-41)42-17-11-6-12-18-42)53-44(45)27-37(29-62-53)38-30-63-54(64-31-38)68-35-55(36-68)33-56(71,34-55)39-23-25-67(26-24-39)49-22-19-43(61)28-47(49)59/h4-22,27-32,39,65,71H,3,23-26,33-36,61H2,1-2H3. The molecule has 17 heteroatoms. The molecule has 3 fully saturated rings. The van der Waals surface area contributed by atoms with Gasteiger partial charge in [-0.3, -0.25) is 9.52 Å². The number of aliphatic hydroxyl groups is 1. The van der Waals surface area contributed by atoms with Gasteiger partial charge in [0.1, 0.15) is 22.8 Å². The Hall–Kier alpha value is -7.60. The molecule has 1 saturated carbocycles. The maximum atomic E-state index is 16.7. The molecule has 2 aliphatic heterocycles. The Bertz CT molecular complexity index is 3410. The summed E-state index contributed by atoms with van der Waals surface area (Å²) in [6.45, 7) is 4.37. The van der Waals surface area contributed by atoms with Crippen molar-refractivity contribution in [2.45, 2.75) is 43.7 Å². The SMILES string of the molecule is CCN(C)S(=O)(=O)Nc1ccc(F)c(C(=O)c2cn(C(c3ccccc3)(c3ccccc3)c3ccccc3)c3ncc(-c4cnc(N5CC6(C5)CC(O)(C5CCN(c7ccc(N)cc7F)CC5)C6)nc4)cc23)c1F. The second-order valence-electron chi connectivity index (χ2n) is 20.0. The highest BCUT2D eigenvalue weighted by Crippen LogP contribution is 2.59. The fraction of sp³-hybridized carbons (Fsp3) is 0.263. The number of fused-ring (bicyclic) bond motifs is 1. The monoisotopic (exact) mass is 1020 g/mol. The lowest BCUT2D eigenvalue weighted by molar-refractivity contribution is -0.177. The van der Waals surface area contributed by atoms with E-state index in [1.54, 1.807) is 49.9 Å². The van der Waals surface area contributed by atoms with Crippen LogP contribution in [0.4, 0.5) is 36.2 Å². The van der Waals surface area contributed by atoms with Gasteiger partial charge in [0.05, 0.1) is 28.1 Å². The van der Waals surface area contributed by atoms with Gasteiger partial charge in [-0.25, -0.2) is 28.1 Å². The zero-order valence-corrected chi connectivity index (χ0v) is 41.6. The third kappa shape index (κ3) is 8.32. The van der Waals surface area contributed by atoms with Gasteiger partial charge in [0.2, 0.25) is 11.7 Å². The fourth-order valence-corrected chi connectivity index (χ4v) is 12.7. The van der Waals surface area contributed by atoms with E-state index in [4.69, 9.17) is 20.7 Å². The van der Waals surface area contributed by atoms with Crippen molar-refractivity contribution in [3.63, 3.8) is 0 Å². The number of nitrogens with zero attached hydrogens (tertiary/aromatic N) is 7. The van der Waals surface area contributed by atoms with Crippen molar-refractivity contribution in [2.75, 3.05) is 60.0 Å². The Kier molecular flexibility index (Phi) is 12.3. The van der Waals surface area contributed by atoms with E-state index in [-0.39, 0.29) is 34.6 Å². The summed E-state index contributed by atoms with van der Waals surface area (Å²) >= 11 is 0. The van der Waals surface area contributed by atoms with Crippen molar-refractivity contribution >= 4 is 50.0 Å². The summed E-state index contributed by atoms with van der Waals surface area (Å²) in [6, 6.07) is 37.4. The quantitative estimate of drug-likeness (QED) is 0.0544. The number of aromatic nitrogens is 4. The predicted octanol–water partition coefficient (Wildman–Crippen LogP) is 9.42. The molecule has 74 heavy (non-hydrogen) atoms. The molecule has 0 atom stereocenters. The van der Waals surface area contributed by atoms with Gasteiger partial charge < -0.3 is 25.2 Å². The smallest absolute Gasteiger partial charge is 0.301 e. The molecule has 0 bridgehead atoms. The minimum atomic E-state index is -4.26. The summed E-state index contributed by atoms with van der Waals surface area (Å²) in [4.78, 5) is 33.8. The summed E-state index contributed by atoms with van der Waals surface area (Å²) in [5.41, 5.74) is 6.90. The number of rotatable bonds is 14. The first-order valence-electron chi connectivity index (χ1n) is 24.7. The Morgan fingerprint density at radius 2 is 1.36 bits per heavy atom. The third-order valence-corrected chi connectivity index (χ3v) is 17.0. The zero-order valence-electron chi connectivity index (χ0n) is 40.8. The summed E-state index contributed by atoms with van der Waals surface area (Å²) in [5, 5.41) is 12.0. The van der Waals surface area contributed by atoms with Crippen LogP contribution in [0.15, 0.2) is 152 Å². The van der Waals surface area contributed by atoms with Crippen molar-refractivity contribution in [3.8, 4) is 11.1 Å². The van der Waals surface area contributed by atoms with Crippen LogP contribution in [-0.2, 0) is 15.7 Å². The molecule has 4 N–H and O–H groups in total. The van der Waals surface area contributed by atoms with Crippen LogP contribution < -0.4 is 20.3 Å². The number of benzene rings is 5. The molecular formula is C57H54F3N9O4S. The number of ketones is 1. The predicted molar refractivity (Wildman–Crippen MR) is 281 cm³/mol. The van der Waals surface area contributed by atoms with Gasteiger partial charge in [0.25, 0.3) is 0 Å². The molecule has 13 nitrogen and oxygen atoms in total. The van der Waals surface area contributed by atoms with E-state index >= 15 is 13.6 Å². The number of nitrogens with two attached hydrogens (primary N) is 1. The van der Waals surface area contributed by atoms with Crippen molar-refractivity contribution in [1.29, 1.82) is 0 Å². The first kappa shape index (κ1) is 48.7. The molecule has 8 aromatic rings. The molecule has 1 spiro atoms. The first-order valence-corrected chi connectivity index (χ1v) is 26.1. The van der Waals surface area contributed by atoms with Crippen LogP contribution in [0, 0.1) is 28.8 Å². The van der Waals surface area contributed by atoms with Crippen molar-refractivity contribution < 1.29 is 31.5 Å². The second-order valence-corrected chi connectivity index (χ2v) is 21.8. The number of halogens is 3. The number of carbonyl (C=O) groups excluding carboxylic acids is 1. The van der Waals surface area contributed by atoms with Gasteiger partial charge in [0.15, 0.2) is 5.82 Å².